The fourth-order valence-corrected chi connectivity index (χ4v) is 2.69. The Kier molecular flexibility index (Phi) is 4.04. The van der Waals surface area contributed by atoms with Crippen LogP contribution in [0.5, 0.6) is 0 Å². The van der Waals surface area contributed by atoms with Crippen LogP contribution in [0.1, 0.15) is 41.6 Å². The number of carbonyl (C=O) groups excluding carboxylic acids is 1. The van der Waals surface area contributed by atoms with Crippen molar-refractivity contribution in [3.63, 3.8) is 0 Å². The first-order valence-corrected chi connectivity index (χ1v) is 6.65. The Morgan fingerprint density at radius 2 is 2.05 bits per heavy atom. The van der Waals surface area contributed by atoms with Gasteiger partial charge in [-0.1, -0.05) is 12.8 Å². The molecular weight excluding hydrogens is 260 g/mol. The summed E-state index contributed by atoms with van der Waals surface area (Å²) in [5.74, 6) is -0.368. The Bertz CT molecular complexity index is 536. The topological polar surface area (TPSA) is 92.5 Å². The van der Waals surface area contributed by atoms with E-state index in [4.69, 9.17) is 0 Å². The van der Waals surface area contributed by atoms with Gasteiger partial charge < -0.3 is 10.4 Å². The van der Waals surface area contributed by atoms with Crippen LogP contribution in [0, 0.1) is 17.0 Å². The number of aliphatic hydroxyl groups is 1. The van der Waals surface area contributed by atoms with Gasteiger partial charge in [0.15, 0.2) is 0 Å². The highest BCUT2D eigenvalue weighted by Crippen LogP contribution is 2.29. The van der Waals surface area contributed by atoms with Gasteiger partial charge in [0.05, 0.1) is 17.1 Å². The third-order valence-corrected chi connectivity index (χ3v) is 3.78. The first kappa shape index (κ1) is 14.5. The van der Waals surface area contributed by atoms with Crippen LogP contribution < -0.4 is 5.32 Å². The van der Waals surface area contributed by atoms with Gasteiger partial charge in [-0.2, -0.15) is 0 Å². The maximum Gasteiger partial charge on any atom is 0.270 e. The predicted octanol–water partition coefficient (Wildman–Crippen LogP) is 1.94. The Labute approximate surface area is 117 Å². The van der Waals surface area contributed by atoms with Crippen molar-refractivity contribution in [3.8, 4) is 0 Å². The van der Waals surface area contributed by atoms with E-state index in [0.717, 1.165) is 25.7 Å². The molecule has 0 saturated heterocycles. The minimum atomic E-state index is -0.574. The number of benzene rings is 1. The van der Waals surface area contributed by atoms with Gasteiger partial charge in [0, 0.05) is 17.7 Å². The molecule has 6 heteroatoms. The number of nitrogens with zero attached hydrogens (tertiary/aromatic N) is 1. The average molecular weight is 278 g/mol. The van der Waals surface area contributed by atoms with E-state index in [9.17, 15) is 20.0 Å². The van der Waals surface area contributed by atoms with Gasteiger partial charge in [0.25, 0.3) is 11.6 Å². The summed E-state index contributed by atoms with van der Waals surface area (Å²) in [5.41, 5.74) is 0.250. The Morgan fingerprint density at radius 3 is 2.60 bits per heavy atom. The van der Waals surface area contributed by atoms with Crippen LogP contribution in [0.2, 0.25) is 0 Å². The Balaban J connectivity index is 2.22. The Hall–Kier alpha value is -1.95. The SMILES string of the molecule is Cc1cc(C(=O)NC2(CO)CCCC2)cc([N+](=O)[O-])c1. The number of carbonyl (C=O) groups is 1. The lowest BCUT2D eigenvalue weighted by atomic mass is 9.98. The molecule has 1 aromatic rings. The zero-order chi connectivity index (χ0) is 14.8. The molecule has 1 aliphatic carbocycles. The van der Waals surface area contributed by atoms with Gasteiger partial charge in [-0.25, -0.2) is 0 Å². The summed E-state index contributed by atoms with van der Waals surface area (Å²) in [6, 6.07) is 4.30. The summed E-state index contributed by atoms with van der Waals surface area (Å²) >= 11 is 0. The van der Waals surface area contributed by atoms with Crippen LogP contribution in [-0.2, 0) is 0 Å². The van der Waals surface area contributed by atoms with Crippen molar-refractivity contribution in [2.75, 3.05) is 6.61 Å². The lowest BCUT2D eigenvalue weighted by Crippen LogP contribution is -2.49. The second kappa shape index (κ2) is 5.58. The van der Waals surface area contributed by atoms with E-state index in [1.165, 1.54) is 12.1 Å². The van der Waals surface area contributed by atoms with E-state index in [1.807, 2.05) is 0 Å². The van der Waals surface area contributed by atoms with Crippen molar-refractivity contribution in [1.29, 1.82) is 0 Å². The van der Waals surface area contributed by atoms with Gasteiger partial charge in [-0.15, -0.1) is 0 Å². The van der Waals surface area contributed by atoms with Crippen LogP contribution in [0.4, 0.5) is 5.69 Å². The van der Waals surface area contributed by atoms with E-state index in [0.29, 0.717) is 5.56 Å². The number of amides is 1. The summed E-state index contributed by atoms with van der Waals surface area (Å²) in [6.45, 7) is 1.60. The first-order chi connectivity index (χ1) is 9.46. The minimum Gasteiger partial charge on any atom is -0.394 e. The highest BCUT2D eigenvalue weighted by Gasteiger charge is 2.35. The molecule has 2 N–H and O–H groups in total. The molecule has 0 bridgehead atoms. The van der Waals surface area contributed by atoms with Crippen molar-refractivity contribution in [1.82, 2.24) is 5.32 Å². The number of non-ortho nitro benzene ring substituents is 1. The maximum absolute atomic E-state index is 12.2. The zero-order valence-electron chi connectivity index (χ0n) is 11.4. The minimum absolute atomic E-state index is 0.0976. The third kappa shape index (κ3) is 2.96. The molecule has 1 saturated carbocycles. The summed E-state index contributed by atoms with van der Waals surface area (Å²) in [6.07, 6.45) is 3.41. The van der Waals surface area contributed by atoms with Crippen molar-refractivity contribution in [2.24, 2.45) is 0 Å². The van der Waals surface area contributed by atoms with E-state index < -0.39 is 10.5 Å². The molecule has 0 aromatic heterocycles. The van der Waals surface area contributed by atoms with Crippen LogP contribution >= 0.6 is 0 Å². The molecule has 1 amide bonds. The summed E-state index contributed by atoms with van der Waals surface area (Å²) < 4.78 is 0. The molecule has 2 rings (SSSR count). The van der Waals surface area contributed by atoms with E-state index >= 15 is 0 Å². The monoisotopic (exact) mass is 278 g/mol. The van der Waals surface area contributed by atoms with Crippen molar-refractivity contribution in [3.05, 3.63) is 39.4 Å². The van der Waals surface area contributed by atoms with Gasteiger partial charge in [0.2, 0.25) is 0 Å². The van der Waals surface area contributed by atoms with Gasteiger partial charge >= 0.3 is 0 Å². The molecule has 20 heavy (non-hydrogen) atoms. The largest absolute Gasteiger partial charge is 0.394 e. The molecule has 0 heterocycles. The number of rotatable bonds is 4. The molecule has 0 atom stereocenters. The maximum atomic E-state index is 12.2. The standard InChI is InChI=1S/C14H18N2O4/c1-10-6-11(8-12(7-10)16(19)20)13(18)15-14(9-17)4-2-3-5-14/h6-8,17H,2-5,9H2,1H3,(H,15,18). The lowest BCUT2D eigenvalue weighted by Gasteiger charge is -2.28. The fraction of sp³-hybridized carbons (Fsp3) is 0.500. The number of hydrogen-bond donors (Lipinski definition) is 2. The van der Waals surface area contributed by atoms with Gasteiger partial charge in [-0.05, 0) is 31.4 Å². The molecule has 6 nitrogen and oxygen atoms in total. The normalized spacial score (nSPS) is 16.9. The number of nitro benzene ring substituents is 1. The zero-order valence-corrected chi connectivity index (χ0v) is 11.4. The van der Waals surface area contributed by atoms with E-state index in [2.05, 4.69) is 5.32 Å². The molecule has 0 spiro atoms. The first-order valence-electron chi connectivity index (χ1n) is 6.65. The number of hydrogen-bond acceptors (Lipinski definition) is 4. The molecule has 1 fully saturated rings. The lowest BCUT2D eigenvalue weighted by molar-refractivity contribution is -0.384. The van der Waals surface area contributed by atoms with Crippen LogP contribution in [0.25, 0.3) is 0 Å². The van der Waals surface area contributed by atoms with Crippen molar-refractivity contribution < 1.29 is 14.8 Å². The molecule has 1 aromatic carbocycles. The van der Waals surface area contributed by atoms with Crippen molar-refractivity contribution in [2.45, 2.75) is 38.1 Å². The summed E-state index contributed by atoms with van der Waals surface area (Å²) in [4.78, 5) is 22.6. The number of aliphatic hydroxyl groups excluding tert-OH is 1. The van der Waals surface area contributed by atoms with Crippen molar-refractivity contribution >= 4 is 11.6 Å². The van der Waals surface area contributed by atoms with Gasteiger partial charge in [0.1, 0.15) is 0 Å². The van der Waals surface area contributed by atoms with Crippen LogP contribution in [0.3, 0.4) is 0 Å². The van der Waals surface area contributed by atoms with E-state index in [-0.39, 0.29) is 23.8 Å². The predicted molar refractivity (Wildman–Crippen MR) is 73.6 cm³/mol. The summed E-state index contributed by atoms with van der Waals surface area (Å²) in [5, 5.41) is 23.2. The molecular formula is C14H18N2O4. The second-order valence-electron chi connectivity index (χ2n) is 5.41. The fourth-order valence-electron chi connectivity index (χ4n) is 2.69. The molecule has 0 unspecified atom stereocenters. The van der Waals surface area contributed by atoms with Crippen LogP contribution in [-0.4, -0.2) is 28.1 Å². The quantitative estimate of drug-likeness (QED) is 0.650. The highest BCUT2D eigenvalue weighted by atomic mass is 16.6. The molecule has 108 valence electrons. The molecule has 0 aliphatic heterocycles. The van der Waals surface area contributed by atoms with Crippen LogP contribution in [0.15, 0.2) is 18.2 Å². The number of aryl methyl sites for hydroxylation is 1. The smallest absolute Gasteiger partial charge is 0.270 e. The number of nitro groups is 1. The molecule has 0 radical (unpaired) electrons. The summed E-state index contributed by atoms with van der Waals surface area (Å²) in [7, 11) is 0. The Morgan fingerprint density at radius 1 is 1.40 bits per heavy atom. The number of nitrogens with one attached hydrogen (secondary N) is 1. The second-order valence-corrected chi connectivity index (χ2v) is 5.41. The third-order valence-electron chi connectivity index (χ3n) is 3.78. The van der Waals surface area contributed by atoms with Gasteiger partial charge in [-0.3, -0.25) is 14.9 Å². The molecule has 1 aliphatic rings. The average Bonchev–Trinajstić information content (AvgIpc) is 2.87. The highest BCUT2D eigenvalue weighted by molar-refractivity contribution is 5.95. The van der Waals surface area contributed by atoms with E-state index in [1.54, 1.807) is 13.0 Å².